The van der Waals surface area contributed by atoms with Gasteiger partial charge in [-0.1, -0.05) is 13.8 Å². The smallest absolute Gasteiger partial charge is 0.272 e. The van der Waals surface area contributed by atoms with E-state index in [2.05, 4.69) is 29.2 Å². The summed E-state index contributed by atoms with van der Waals surface area (Å²) >= 11 is 0. The molecule has 0 spiro atoms. The number of nitrogens with one attached hydrogen (secondary N) is 1. The fourth-order valence-electron chi connectivity index (χ4n) is 2.27. The largest absolute Gasteiger partial charge is 0.476 e. The van der Waals surface area contributed by atoms with E-state index in [1.54, 1.807) is 4.68 Å². The van der Waals surface area contributed by atoms with Gasteiger partial charge < -0.3 is 15.0 Å². The van der Waals surface area contributed by atoms with Crippen molar-refractivity contribution >= 4 is 5.91 Å². The van der Waals surface area contributed by atoms with Gasteiger partial charge in [0.1, 0.15) is 6.61 Å². The van der Waals surface area contributed by atoms with Gasteiger partial charge in [-0.2, -0.15) is 5.10 Å². The summed E-state index contributed by atoms with van der Waals surface area (Å²) in [5, 5.41) is 7.21. The van der Waals surface area contributed by atoms with E-state index in [0.717, 1.165) is 37.6 Å². The van der Waals surface area contributed by atoms with E-state index >= 15 is 0 Å². The zero-order valence-corrected chi connectivity index (χ0v) is 11.9. The normalized spacial score (nSPS) is 13.5. The van der Waals surface area contributed by atoms with Crippen LogP contribution in [0.3, 0.4) is 0 Å². The number of fused-ring (bicyclic) bond motifs is 1. The highest BCUT2D eigenvalue weighted by atomic mass is 16.5. The first-order valence-electron chi connectivity index (χ1n) is 6.88. The summed E-state index contributed by atoms with van der Waals surface area (Å²) in [5.74, 6) is 0.615. The fraction of sp³-hybridized carbons (Fsp3) is 0.692. The molecule has 6 nitrogen and oxygen atoms in total. The maximum absolute atomic E-state index is 12.1. The van der Waals surface area contributed by atoms with Crippen molar-refractivity contribution in [3.63, 3.8) is 0 Å². The van der Waals surface area contributed by atoms with E-state index in [1.165, 1.54) is 0 Å². The molecule has 1 aromatic heterocycles. The molecule has 0 aliphatic carbocycles. The predicted octanol–water partition coefficient (Wildman–Crippen LogP) is 0.656. The highest BCUT2D eigenvalue weighted by Gasteiger charge is 2.24. The lowest BCUT2D eigenvalue weighted by atomic mass is 10.2. The van der Waals surface area contributed by atoms with E-state index in [1.807, 2.05) is 6.92 Å². The first-order chi connectivity index (χ1) is 9.17. The Morgan fingerprint density at radius 1 is 1.47 bits per heavy atom. The molecule has 0 fully saturated rings. The van der Waals surface area contributed by atoms with Gasteiger partial charge in [-0.25, -0.2) is 4.68 Å². The molecule has 1 amide bonds. The summed E-state index contributed by atoms with van der Waals surface area (Å²) in [5.41, 5.74) is 1.31. The molecule has 0 saturated heterocycles. The molecule has 19 heavy (non-hydrogen) atoms. The third-order valence-corrected chi connectivity index (χ3v) is 3.50. The van der Waals surface area contributed by atoms with Gasteiger partial charge >= 0.3 is 0 Å². The summed E-state index contributed by atoms with van der Waals surface area (Å²) in [6.45, 7) is 11.0. The first kappa shape index (κ1) is 13.9. The molecular formula is C13H22N4O2. The Kier molecular flexibility index (Phi) is 4.42. The number of likely N-dealkylation sites (N-methyl/N-ethyl adjacent to an activating group) is 1. The standard InChI is InChI=1S/C13H22N4O2/c1-4-16(5-2)7-6-14-12(18)11-10(3)13-17(15-11)8-9-19-13/h4-9H2,1-3H3,(H,14,18). The minimum atomic E-state index is -0.116. The lowest BCUT2D eigenvalue weighted by Crippen LogP contribution is -2.35. The maximum Gasteiger partial charge on any atom is 0.272 e. The monoisotopic (exact) mass is 266 g/mol. The van der Waals surface area contributed by atoms with Crippen molar-refractivity contribution in [1.29, 1.82) is 0 Å². The van der Waals surface area contributed by atoms with Crippen LogP contribution in [0.5, 0.6) is 5.88 Å². The molecule has 1 aromatic rings. The molecule has 1 aliphatic heterocycles. The van der Waals surface area contributed by atoms with Crippen LogP contribution in [0.25, 0.3) is 0 Å². The quantitative estimate of drug-likeness (QED) is 0.821. The number of hydrogen-bond donors (Lipinski definition) is 1. The van der Waals surface area contributed by atoms with Crippen molar-refractivity contribution in [3.05, 3.63) is 11.3 Å². The van der Waals surface area contributed by atoms with Crippen LogP contribution in [0.15, 0.2) is 0 Å². The molecule has 0 aromatic carbocycles. The second-order valence-electron chi connectivity index (χ2n) is 4.63. The van der Waals surface area contributed by atoms with Crippen molar-refractivity contribution in [2.75, 3.05) is 32.8 Å². The molecule has 0 atom stereocenters. The lowest BCUT2D eigenvalue weighted by Gasteiger charge is -2.17. The summed E-state index contributed by atoms with van der Waals surface area (Å²) in [6, 6.07) is 0. The number of amides is 1. The molecule has 0 saturated carbocycles. The Morgan fingerprint density at radius 3 is 2.84 bits per heavy atom. The minimum absolute atomic E-state index is 0.116. The van der Waals surface area contributed by atoms with Crippen LogP contribution in [0.1, 0.15) is 29.9 Å². The molecule has 0 bridgehead atoms. The Hall–Kier alpha value is -1.56. The second kappa shape index (κ2) is 6.06. The van der Waals surface area contributed by atoms with E-state index in [9.17, 15) is 4.79 Å². The lowest BCUT2D eigenvalue weighted by molar-refractivity contribution is 0.0942. The number of carbonyl (C=O) groups is 1. The van der Waals surface area contributed by atoms with E-state index < -0.39 is 0 Å². The summed E-state index contributed by atoms with van der Waals surface area (Å²) in [7, 11) is 0. The van der Waals surface area contributed by atoms with Crippen LogP contribution in [-0.2, 0) is 6.54 Å². The van der Waals surface area contributed by atoms with Gasteiger partial charge in [0.15, 0.2) is 5.69 Å². The molecule has 2 rings (SSSR count). The summed E-state index contributed by atoms with van der Waals surface area (Å²) in [6.07, 6.45) is 0. The van der Waals surface area contributed by atoms with Gasteiger partial charge in [0, 0.05) is 18.7 Å². The number of nitrogens with zero attached hydrogens (tertiary/aromatic N) is 3. The Morgan fingerprint density at radius 2 is 2.21 bits per heavy atom. The van der Waals surface area contributed by atoms with Gasteiger partial charge in [-0.05, 0) is 20.0 Å². The van der Waals surface area contributed by atoms with Crippen molar-refractivity contribution in [1.82, 2.24) is 20.0 Å². The number of hydrogen-bond acceptors (Lipinski definition) is 4. The van der Waals surface area contributed by atoms with E-state index in [0.29, 0.717) is 18.8 Å². The highest BCUT2D eigenvalue weighted by Crippen LogP contribution is 2.25. The average molecular weight is 266 g/mol. The van der Waals surface area contributed by atoms with Gasteiger partial charge in [-0.15, -0.1) is 0 Å². The predicted molar refractivity (Wildman–Crippen MR) is 72.6 cm³/mol. The topological polar surface area (TPSA) is 59.4 Å². The van der Waals surface area contributed by atoms with Crippen molar-refractivity contribution < 1.29 is 9.53 Å². The van der Waals surface area contributed by atoms with Gasteiger partial charge in [0.25, 0.3) is 5.91 Å². The SMILES string of the molecule is CCN(CC)CCNC(=O)c1nn2c(c1C)OCC2. The zero-order chi connectivity index (χ0) is 13.8. The molecule has 2 heterocycles. The van der Waals surface area contributed by atoms with Crippen LogP contribution in [0.4, 0.5) is 0 Å². The number of carbonyl (C=O) groups excluding carboxylic acids is 1. The highest BCUT2D eigenvalue weighted by molar-refractivity contribution is 5.94. The van der Waals surface area contributed by atoms with Gasteiger partial charge in [0.05, 0.1) is 6.54 Å². The number of aromatic nitrogens is 2. The first-order valence-corrected chi connectivity index (χ1v) is 6.88. The Bertz CT molecular complexity index is 452. The molecule has 106 valence electrons. The van der Waals surface area contributed by atoms with Crippen molar-refractivity contribution in [3.8, 4) is 5.88 Å². The summed E-state index contributed by atoms with van der Waals surface area (Å²) < 4.78 is 7.21. The number of ether oxygens (including phenoxy) is 1. The maximum atomic E-state index is 12.1. The summed E-state index contributed by atoms with van der Waals surface area (Å²) in [4.78, 5) is 14.3. The van der Waals surface area contributed by atoms with Crippen LogP contribution in [0.2, 0.25) is 0 Å². The van der Waals surface area contributed by atoms with E-state index in [-0.39, 0.29) is 5.91 Å². The van der Waals surface area contributed by atoms with Gasteiger partial charge in [0.2, 0.25) is 5.88 Å². The average Bonchev–Trinajstić information content (AvgIpc) is 2.98. The van der Waals surface area contributed by atoms with Crippen LogP contribution >= 0.6 is 0 Å². The number of rotatable bonds is 6. The Balaban J connectivity index is 1.90. The molecule has 0 radical (unpaired) electrons. The minimum Gasteiger partial charge on any atom is -0.476 e. The van der Waals surface area contributed by atoms with Crippen molar-refractivity contribution in [2.45, 2.75) is 27.3 Å². The third kappa shape index (κ3) is 2.89. The zero-order valence-electron chi connectivity index (χ0n) is 11.9. The van der Waals surface area contributed by atoms with Crippen LogP contribution < -0.4 is 10.1 Å². The van der Waals surface area contributed by atoms with Gasteiger partial charge in [-0.3, -0.25) is 4.79 Å². The fourth-order valence-corrected chi connectivity index (χ4v) is 2.27. The Labute approximate surface area is 113 Å². The molecular weight excluding hydrogens is 244 g/mol. The molecule has 1 aliphatic rings. The van der Waals surface area contributed by atoms with Crippen LogP contribution in [0, 0.1) is 6.92 Å². The van der Waals surface area contributed by atoms with Crippen molar-refractivity contribution in [2.24, 2.45) is 0 Å². The molecule has 0 unspecified atom stereocenters. The van der Waals surface area contributed by atoms with E-state index in [4.69, 9.17) is 4.74 Å². The second-order valence-corrected chi connectivity index (χ2v) is 4.63. The molecule has 1 N–H and O–H groups in total. The molecule has 6 heteroatoms. The van der Waals surface area contributed by atoms with Crippen LogP contribution in [-0.4, -0.2) is 53.4 Å². The third-order valence-electron chi connectivity index (χ3n) is 3.50.